The summed E-state index contributed by atoms with van der Waals surface area (Å²) < 4.78 is 0. The quantitative estimate of drug-likeness (QED) is 0.525. The number of guanidine groups is 1. The second-order valence-corrected chi connectivity index (χ2v) is 9.75. The van der Waals surface area contributed by atoms with Gasteiger partial charge < -0.3 is 15.5 Å². The van der Waals surface area contributed by atoms with Crippen molar-refractivity contribution in [2.75, 3.05) is 46.8 Å². The summed E-state index contributed by atoms with van der Waals surface area (Å²) in [6, 6.07) is 9.38. The van der Waals surface area contributed by atoms with Crippen LogP contribution in [0.2, 0.25) is 5.02 Å². The molecule has 6 heteroatoms. The summed E-state index contributed by atoms with van der Waals surface area (Å²) in [4.78, 5) is 9.56. The molecule has 5 nitrogen and oxygen atoms in total. The fraction of sp³-hybridized carbons (Fsp3) is 0.708. The Kier molecular flexibility index (Phi) is 8.84. The average molecular weight is 434 g/mol. The number of nitrogens with zero attached hydrogens (tertiary/aromatic N) is 3. The average Bonchev–Trinajstić information content (AvgIpc) is 2.74. The van der Waals surface area contributed by atoms with Crippen LogP contribution in [0.4, 0.5) is 0 Å². The highest BCUT2D eigenvalue weighted by molar-refractivity contribution is 6.30. The number of rotatable bonds is 6. The molecule has 30 heavy (non-hydrogen) atoms. The predicted octanol–water partition coefficient (Wildman–Crippen LogP) is 4.01. The predicted molar refractivity (Wildman–Crippen MR) is 128 cm³/mol. The Hall–Kier alpha value is -1.30. The molecular weight excluding hydrogens is 394 g/mol. The Morgan fingerprint density at radius 3 is 2.67 bits per heavy atom. The molecule has 0 spiro atoms. The molecule has 1 aromatic carbocycles. The second-order valence-electron chi connectivity index (χ2n) is 9.31. The van der Waals surface area contributed by atoms with Crippen molar-refractivity contribution in [3.63, 3.8) is 0 Å². The second kappa shape index (κ2) is 11.4. The van der Waals surface area contributed by atoms with Crippen molar-refractivity contribution in [1.29, 1.82) is 0 Å². The van der Waals surface area contributed by atoms with Gasteiger partial charge in [0.25, 0.3) is 0 Å². The van der Waals surface area contributed by atoms with Crippen molar-refractivity contribution in [3.8, 4) is 0 Å². The molecule has 0 amide bonds. The van der Waals surface area contributed by atoms with Crippen LogP contribution in [0.1, 0.15) is 51.1 Å². The molecule has 2 saturated heterocycles. The van der Waals surface area contributed by atoms with Crippen LogP contribution in [0.15, 0.2) is 29.3 Å². The summed E-state index contributed by atoms with van der Waals surface area (Å²) in [5, 5.41) is 8.02. The smallest absolute Gasteiger partial charge is 0.190 e. The normalized spacial score (nSPS) is 26.7. The topological polar surface area (TPSA) is 42.9 Å². The Labute approximate surface area is 188 Å². The van der Waals surface area contributed by atoms with Crippen molar-refractivity contribution in [3.05, 3.63) is 34.9 Å². The molecule has 2 heterocycles. The first kappa shape index (κ1) is 23.4. The van der Waals surface area contributed by atoms with E-state index in [0.717, 1.165) is 30.6 Å². The first-order valence-electron chi connectivity index (χ1n) is 11.6. The molecule has 0 aliphatic carbocycles. The molecule has 3 atom stereocenters. The van der Waals surface area contributed by atoms with E-state index in [-0.39, 0.29) is 0 Å². The lowest BCUT2D eigenvalue weighted by Gasteiger charge is -2.40. The van der Waals surface area contributed by atoms with Crippen molar-refractivity contribution in [2.45, 2.75) is 51.6 Å². The largest absolute Gasteiger partial charge is 0.356 e. The summed E-state index contributed by atoms with van der Waals surface area (Å²) in [5.74, 6) is 2.15. The highest BCUT2D eigenvalue weighted by Crippen LogP contribution is 2.35. The van der Waals surface area contributed by atoms with Crippen LogP contribution >= 0.6 is 11.6 Å². The molecule has 3 rings (SSSR count). The lowest BCUT2D eigenvalue weighted by molar-refractivity contribution is 0.122. The van der Waals surface area contributed by atoms with E-state index < -0.39 is 0 Å². The maximum absolute atomic E-state index is 6.29. The number of piperidine rings is 2. The van der Waals surface area contributed by atoms with Crippen molar-refractivity contribution < 1.29 is 0 Å². The maximum atomic E-state index is 6.29. The van der Waals surface area contributed by atoms with Crippen LogP contribution in [0.5, 0.6) is 0 Å². The molecule has 0 radical (unpaired) electrons. The first-order chi connectivity index (χ1) is 14.5. The van der Waals surface area contributed by atoms with Crippen LogP contribution in [0.25, 0.3) is 0 Å². The lowest BCUT2D eigenvalue weighted by atomic mass is 9.85. The Morgan fingerprint density at radius 1 is 1.17 bits per heavy atom. The molecule has 1 aromatic rings. The molecule has 3 unspecified atom stereocenters. The number of benzene rings is 1. The van der Waals surface area contributed by atoms with E-state index in [9.17, 15) is 0 Å². The van der Waals surface area contributed by atoms with Gasteiger partial charge in [0, 0.05) is 43.8 Å². The molecular formula is C24H40ClN5. The maximum Gasteiger partial charge on any atom is 0.190 e. The highest BCUT2D eigenvalue weighted by atomic mass is 35.5. The van der Waals surface area contributed by atoms with E-state index in [1.807, 2.05) is 13.1 Å². The van der Waals surface area contributed by atoms with Gasteiger partial charge in [-0.1, -0.05) is 23.7 Å². The van der Waals surface area contributed by atoms with Crippen LogP contribution in [0, 0.1) is 11.8 Å². The third-order valence-electron chi connectivity index (χ3n) is 6.79. The van der Waals surface area contributed by atoms with Gasteiger partial charge in [-0.3, -0.25) is 9.89 Å². The lowest BCUT2D eigenvalue weighted by Crippen LogP contribution is -2.48. The monoisotopic (exact) mass is 433 g/mol. The number of aliphatic imine (C=N–C) groups is 1. The summed E-state index contributed by atoms with van der Waals surface area (Å²) in [6.07, 6.45) is 5.06. The SMILES string of the molecule is CN=C(NCC1CCCN(C(C)C)C1)NCC1CCCN(C)C1c1cccc(Cl)c1. The zero-order chi connectivity index (χ0) is 21.5. The number of hydrogen-bond acceptors (Lipinski definition) is 3. The van der Waals surface area contributed by atoms with E-state index >= 15 is 0 Å². The number of likely N-dealkylation sites (tertiary alicyclic amines) is 2. The third-order valence-corrected chi connectivity index (χ3v) is 7.03. The van der Waals surface area contributed by atoms with Gasteiger partial charge >= 0.3 is 0 Å². The minimum Gasteiger partial charge on any atom is -0.356 e. The Bertz CT molecular complexity index is 692. The first-order valence-corrected chi connectivity index (χ1v) is 12.0. The molecule has 0 saturated carbocycles. The molecule has 168 valence electrons. The number of nitrogens with one attached hydrogen (secondary N) is 2. The van der Waals surface area contributed by atoms with Crippen LogP contribution in [-0.2, 0) is 0 Å². The van der Waals surface area contributed by atoms with E-state index in [1.54, 1.807) is 0 Å². The van der Waals surface area contributed by atoms with Crippen LogP contribution in [-0.4, -0.2) is 68.6 Å². The van der Waals surface area contributed by atoms with E-state index in [4.69, 9.17) is 11.6 Å². The molecule has 0 bridgehead atoms. The van der Waals surface area contributed by atoms with Gasteiger partial charge in [0.2, 0.25) is 0 Å². The van der Waals surface area contributed by atoms with Gasteiger partial charge in [0.15, 0.2) is 5.96 Å². The summed E-state index contributed by atoms with van der Waals surface area (Å²) in [5.41, 5.74) is 1.32. The molecule has 0 aromatic heterocycles. The van der Waals surface area contributed by atoms with Gasteiger partial charge in [-0.05, 0) is 89.2 Å². The molecule has 2 fully saturated rings. The van der Waals surface area contributed by atoms with Crippen molar-refractivity contribution in [2.24, 2.45) is 16.8 Å². The molecule has 2 aliphatic rings. The van der Waals surface area contributed by atoms with Gasteiger partial charge in [-0.2, -0.15) is 0 Å². The Balaban J connectivity index is 1.54. The standard InChI is InChI=1S/C24H40ClN5/c1-18(2)30-13-6-8-19(17-30)15-27-24(26-3)28-16-21-10-7-12-29(4)23(21)20-9-5-11-22(25)14-20/h5,9,11,14,18-19,21,23H,6-8,10,12-13,15-17H2,1-4H3,(H2,26,27,28). The third kappa shape index (κ3) is 6.35. The zero-order valence-corrected chi connectivity index (χ0v) is 20.0. The van der Waals surface area contributed by atoms with E-state index in [2.05, 4.69) is 64.5 Å². The highest BCUT2D eigenvalue weighted by Gasteiger charge is 2.30. The minimum absolute atomic E-state index is 0.390. The molecule has 2 aliphatic heterocycles. The minimum atomic E-state index is 0.390. The van der Waals surface area contributed by atoms with E-state index in [1.165, 1.54) is 44.3 Å². The van der Waals surface area contributed by atoms with Gasteiger partial charge in [-0.15, -0.1) is 0 Å². The summed E-state index contributed by atoms with van der Waals surface area (Å²) in [6.45, 7) is 10.1. The number of hydrogen-bond donors (Lipinski definition) is 2. The summed E-state index contributed by atoms with van der Waals surface area (Å²) in [7, 11) is 4.10. The van der Waals surface area contributed by atoms with Gasteiger partial charge in [0.05, 0.1) is 0 Å². The fourth-order valence-electron chi connectivity index (χ4n) is 5.11. The van der Waals surface area contributed by atoms with Gasteiger partial charge in [-0.25, -0.2) is 0 Å². The number of halogens is 1. The van der Waals surface area contributed by atoms with Crippen LogP contribution in [0.3, 0.4) is 0 Å². The van der Waals surface area contributed by atoms with Gasteiger partial charge in [0.1, 0.15) is 0 Å². The molecule has 2 N–H and O–H groups in total. The Morgan fingerprint density at radius 2 is 1.93 bits per heavy atom. The van der Waals surface area contributed by atoms with Crippen molar-refractivity contribution >= 4 is 17.6 Å². The van der Waals surface area contributed by atoms with Crippen molar-refractivity contribution in [1.82, 2.24) is 20.4 Å². The fourth-order valence-corrected chi connectivity index (χ4v) is 5.31. The summed E-state index contributed by atoms with van der Waals surface area (Å²) >= 11 is 6.29. The zero-order valence-electron chi connectivity index (χ0n) is 19.2. The van der Waals surface area contributed by atoms with E-state index in [0.29, 0.717) is 23.9 Å². The van der Waals surface area contributed by atoms with Crippen LogP contribution < -0.4 is 10.6 Å².